The van der Waals surface area contributed by atoms with Gasteiger partial charge in [0.25, 0.3) is 11.4 Å². The summed E-state index contributed by atoms with van der Waals surface area (Å²) in [5, 5.41) is 21.6. The number of hydrogen-bond donors (Lipinski definition) is 0. The predicted octanol–water partition coefficient (Wildman–Crippen LogP) is 3.16. The predicted molar refractivity (Wildman–Crippen MR) is 101 cm³/mol. The maximum absolute atomic E-state index is 12.5. The largest absolute Gasteiger partial charge is 0.314 e. The van der Waals surface area contributed by atoms with Gasteiger partial charge in [0.15, 0.2) is 0 Å². The van der Waals surface area contributed by atoms with Crippen LogP contribution in [0.25, 0.3) is 0 Å². The zero-order valence-corrected chi connectivity index (χ0v) is 15.2. The first kappa shape index (κ1) is 20.0. The molecule has 9 nitrogen and oxygen atoms in total. The summed E-state index contributed by atoms with van der Waals surface area (Å²) in [6, 6.07) is 11.8. The summed E-state index contributed by atoms with van der Waals surface area (Å²) >= 11 is 0. The lowest BCUT2D eigenvalue weighted by molar-refractivity contribution is -0.385. The molecule has 0 aliphatic heterocycles. The molecule has 0 aromatic heterocycles. The number of rotatable bonds is 7. The molecule has 0 spiro atoms. The number of nitro benzene ring substituents is 2. The molecule has 2 aromatic rings. The third-order valence-corrected chi connectivity index (χ3v) is 4.43. The highest BCUT2D eigenvalue weighted by Crippen LogP contribution is 2.23. The number of amides is 1. The highest BCUT2D eigenvalue weighted by atomic mass is 16.6. The van der Waals surface area contributed by atoms with Gasteiger partial charge >= 0.3 is 0 Å². The highest BCUT2D eigenvalue weighted by Gasteiger charge is 2.20. The van der Waals surface area contributed by atoms with Crippen LogP contribution < -0.4 is 4.90 Å². The van der Waals surface area contributed by atoms with E-state index < -0.39 is 9.85 Å². The number of nitrogens with zero attached hydrogens (tertiary/aromatic N) is 4. The summed E-state index contributed by atoms with van der Waals surface area (Å²) in [5.74, 6) is -0.205. The monoisotopic (exact) mass is 372 g/mol. The molecule has 1 amide bonds. The van der Waals surface area contributed by atoms with Gasteiger partial charge in [0.1, 0.15) is 0 Å². The maximum atomic E-state index is 12.5. The fraction of sp³-hybridized carbons (Fsp3) is 0.278. The van der Waals surface area contributed by atoms with Crippen LogP contribution in [-0.2, 0) is 4.79 Å². The Morgan fingerprint density at radius 1 is 1.00 bits per heavy atom. The minimum Gasteiger partial charge on any atom is -0.314 e. The molecular weight excluding hydrogens is 352 g/mol. The van der Waals surface area contributed by atoms with Crippen molar-refractivity contribution in [1.29, 1.82) is 0 Å². The summed E-state index contributed by atoms with van der Waals surface area (Å²) in [5.41, 5.74) is 1.23. The van der Waals surface area contributed by atoms with E-state index in [1.807, 2.05) is 6.92 Å². The van der Waals surface area contributed by atoms with Crippen molar-refractivity contribution in [2.45, 2.75) is 13.0 Å². The van der Waals surface area contributed by atoms with E-state index in [1.165, 1.54) is 41.3 Å². The Bertz CT molecular complexity index is 853. The minimum absolute atomic E-state index is 0.00192. The van der Waals surface area contributed by atoms with Crippen molar-refractivity contribution < 1.29 is 14.6 Å². The van der Waals surface area contributed by atoms with Gasteiger partial charge in [-0.3, -0.25) is 29.9 Å². The number of anilines is 1. The highest BCUT2D eigenvalue weighted by molar-refractivity contribution is 5.94. The Morgan fingerprint density at radius 3 is 2.15 bits per heavy atom. The maximum Gasteiger partial charge on any atom is 0.269 e. The van der Waals surface area contributed by atoms with Crippen molar-refractivity contribution >= 4 is 23.0 Å². The average Bonchev–Trinajstić information content (AvgIpc) is 2.66. The summed E-state index contributed by atoms with van der Waals surface area (Å²) in [4.78, 5) is 36.4. The fourth-order valence-electron chi connectivity index (χ4n) is 2.55. The van der Waals surface area contributed by atoms with E-state index in [0.29, 0.717) is 5.69 Å². The Balaban J connectivity index is 2.06. The van der Waals surface area contributed by atoms with E-state index in [-0.39, 0.29) is 29.9 Å². The van der Waals surface area contributed by atoms with Crippen molar-refractivity contribution in [1.82, 2.24) is 4.90 Å². The third kappa shape index (κ3) is 4.85. The summed E-state index contributed by atoms with van der Waals surface area (Å²) in [6.07, 6.45) is 0. The van der Waals surface area contributed by atoms with Crippen molar-refractivity contribution in [3.8, 4) is 0 Å². The van der Waals surface area contributed by atoms with Gasteiger partial charge in [-0.15, -0.1) is 0 Å². The molecule has 0 aliphatic rings. The van der Waals surface area contributed by atoms with Crippen LogP contribution in [0.5, 0.6) is 0 Å². The van der Waals surface area contributed by atoms with Gasteiger partial charge in [-0.25, -0.2) is 0 Å². The van der Waals surface area contributed by atoms with Gasteiger partial charge in [-0.05, 0) is 31.7 Å². The third-order valence-electron chi connectivity index (χ3n) is 4.43. The number of carbonyl (C=O) groups is 1. The lowest BCUT2D eigenvalue weighted by atomic mass is 10.1. The van der Waals surface area contributed by atoms with Crippen molar-refractivity contribution in [3.63, 3.8) is 0 Å². The quantitative estimate of drug-likeness (QED) is 0.545. The van der Waals surface area contributed by atoms with Crippen LogP contribution in [0.1, 0.15) is 18.5 Å². The van der Waals surface area contributed by atoms with E-state index in [1.54, 1.807) is 31.1 Å². The first-order chi connectivity index (χ1) is 12.7. The van der Waals surface area contributed by atoms with Gasteiger partial charge in [-0.2, -0.15) is 0 Å². The van der Waals surface area contributed by atoms with Crippen molar-refractivity contribution in [2.24, 2.45) is 0 Å². The Labute approximate surface area is 156 Å². The summed E-state index contributed by atoms with van der Waals surface area (Å²) in [7, 11) is 3.35. The van der Waals surface area contributed by atoms with Gasteiger partial charge in [0, 0.05) is 43.0 Å². The molecular formula is C18H20N4O5. The molecule has 0 radical (unpaired) electrons. The van der Waals surface area contributed by atoms with Gasteiger partial charge in [-0.1, -0.05) is 12.1 Å². The molecule has 27 heavy (non-hydrogen) atoms. The second kappa shape index (κ2) is 8.37. The number of carbonyl (C=O) groups excluding carboxylic acids is 1. The Kier molecular flexibility index (Phi) is 6.19. The Hall–Kier alpha value is -3.33. The minimum atomic E-state index is -0.500. The SMILES string of the molecule is CC(c1cccc([N+](=O)[O-])c1)N(C)CC(=O)N(C)c1ccc([N+](=O)[O-])cc1. The van der Waals surface area contributed by atoms with Crippen LogP contribution in [-0.4, -0.2) is 41.3 Å². The molecule has 0 aliphatic carbocycles. The lowest BCUT2D eigenvalue weighted by Crippen LogP contribution is -2.37. The molecule has 1 unspecified atom stereocenters. The van der Waals surface area contributed by atoms with E-state index in [0.717, 1.165) is 5.56 Å². The first-order valence-electron chi connectivity index (χ1n) is 8.16. The van der Waals surface area contributed by atoms with E-state index in [9.17, 15) is 25.0 Å². The van der Waals surface area contributed by atoms with Crippen LogP contribution in [0.4, 0.5) is 17.1 Å². The number of benzene rings is 2. The second-order valence-electron chi connectivity index (χ2n) is 6.17. The zero-order chi connectivity index (χ0) is 20.1. The molecule has 0 saturated carbocycles. The van der Waals surface area contributed by atoms with Crippen LogP contribution in [0.15, 0.2) is 48.5 Å². The van der Waals surface area contributed by atoms with Gasteiger partial charge in [0.2, 0.25) is 5.91 Å². The van der Waals surface area contributed by atoms with E-state index in [4.69, 9.17) is 0 Å². The first-order valence-corrected chi connectivity index (χ1v) is 8.16. The number of likely N-dealkylation sites (N-methyl/N-ethyl adjacent to an activating group) is 2. The average molecular weight is 372 g/mol. The van der Waals surface area contributed by atoms with Gasteiger partial charge in [0.05, 0.1) is 16.4 Å². The summed E-state index contributed by atoms with van der Waals surface area (Å²) < 4.78 is 0. The van der Waals surface area contributed by atoms with E-state index in [2.05, 4.69) is 0 Å². The molecule has 0 fully saturated rings. The second-order valence-corrected chi connectivity index (χ2v) is 6.17. The normalized spacial score (nSPS) is 11.9. The van der Waals surface area contributed by atoms with Crippen LogP contribution >= 0.6 is 0 Å². The zero-order valence-electron chi connectivity index (χ0n) is 15.2. The molecule has 142 valence electrons. The van der Waals surface area contributed by atoms with Crippen LogP contribution in [0, 0.1) is 20.2 Å². The van der Waals surface area contributed by atoms with E-state index >= 15 is 0 Å². The lowest BCUT2D eigenvalue weighted by Gasteiger charge is -2.27. The molecule has 2 rings (SSSR count). The molecule has 0 saturated heterocycles. The van der Waals surface area contributed by atoms with Crippen LogP contribution in [0.2, 0.25) is 0 Å². The fourth-order valence-corrected chi connectivity index (χ4v) is 2.55. The molecule has 9 heteroatoms. The Morgan fingerprint density at radius 2 is 1.59 bits per heavy atom. The molecule has 1 atom stereocenters. The number of nitro groups is 2. The topological polar surface area (TPSA) is 110 Å². The van der Waals surface area contributed by atoms with Crippen molar-refractivity contribution in [2.75, 3.05) is 25.5 Å². The smallest absolute Gasteiger partial charge is 0.269 e. The molecule has 0 bridgehead atoms. The standard InChI is InChI=1S/C18H20N4O5/c1-13(14-5-4-6-17(11-14)22(26)27)19(2)12-18(23)20(3)15-7-9-16(10-8-15)21(24)25/h4-11,13H,12H2,1-3H3. The molecule has 0 heterocycles. The number of hydrogen-bond acceptors (Lipinski definition) is 6. The van der Waals surface area contributed by atoms with Gasteiger partial charge < -0.3 is 4.90 Å². The molecule has 2 aromatic carbocycles. The number of non-ortho nitro benzene ring substituents is 2. The van der Waals surface area contributed by atoms with Crippen molar-refractivity contribution in [3.05, 3.63) is 74.3 Å². The molecule has 0 N–H and O–H groups in total. The van der Waals surface area contributed by atoms with Crippen LogP contribution in [0.3, 0.4) is 0 Å². The summed E-state index contributed by atoms with van der Waals surface area (Å²) in [6.45, 7) is 1.94.